The van der Waals surface area contributed by atoms with Crippen molar-refractivity contribution in [1.82, 2.24) is 0 Å². The number of allylic oxidation sites excluding steroid dienone is 2. The van der Waals surface area contributed by atoms with Gasteiger partial charge in [0.05, 0.1) is 31.7 Å². The molecule has 2 aliphatic rings. The largest absolute Gasteiger partial charge is 0.469 e. The Bertz CT molecular complexity index is 648. The summed E-state index contributed by atoms with van der Waals surface area (Å²) in [5, 5.41) is 0.0437. The van der Waals surface area contributed by atoms with Crippen molar-refractivity contribution in [2.75, 3.05) is 13.7 Å². The number of carbonyl (C=O) groups is 2. The molecule has 5 nitrogen and oxygen atoms in total. The number of esters is 2. The molecule has 2 unspecified atom stereocenters. The van der Waals surface area contributed by atoms with E-state index in [4.69, 9.17) is 13.9 Å². The van der Waals surface area contributed by atoms with Gasteiger partial charge in [-0.25, -0.2) is 0 Å². The fourth-order valence-electron chi connectivity index (χ4n) is 4.88. The Labute approximate surface area is 184 Å². The molecule has 0 spiro atoms. The van der Waals surface area contributed by atoms with Gasteiger partial charge in [0.1, 0.15) is 0 Å². The van der Waals surface area contributed by atoms with Gasteiger partial charge in [-0.1, -0.05) is 46.8 Å². The van der Waals surface area contributed by atoms with Crippen molar-refractivity contribution in [3.63, 3.8) is 0 Å². The molecule has 30 heavy (non-hydrogen) atoms. The van der Waals surface area contributed by atoms with E-state index in [2.05, 4.69) is 59.9 Å². The zero-order valence-electron chi connectivity index (χ0n) is 20.4. The molecule has 0 aromatic carbocycles. The van der Waals surface area contributed by atoms with Gasteiger partial charge in [0.15, 0.2) is 8.32 Å². The van der Waals surface area contributed by atoms with E-state index in [9.17, 15) is 9.59 Å². The molecule has 172 valence electrons. The Kier molecular flexibility index (Phi) is 8.00. The summed E-state index contributed by atoms with van der Waals surface area (Å²) in [4.78, 5) is 25.6. The smallest absolute Gasteiger partial charge is 0.309 e. The predicted molar refractivity (Wildman–Crippen MR) is 121 cm³/mol. The highest BCUT2D eigenvalue weighted by atomic mass is 28.4. The van der Waals surface area contributed by atoms with Gasteiger partial charge in [-0.2, -0.15) is 0 Å². The molecule has 0 bridgehead atoms. The van der Waals surface area contributed by atoms with Crippen LogP contribution in [0.3, 0.4) is 0 Å². The number of ether oxygens (including phenoxy) is 2. The van der Waals surface area contributed by atoms with Gasteiger partial charge < -0.3 is 13.9 Å². The number of hydrogen-bond acceptors (Lipinski definition) is 5. The molecule has 0 aliphatic heterocycles. The van der Waals surface area contributed by atoms with Gasteiger partial charge in [0.2, 0.25) is 0 Å². The van der Waals surface area contributed by atoms with Crippen LogP contribution in [-0.2, 0) is 23.5 Å². The van der Waals surface area contributed by atoms with Crippen LogP contribution in [0.25, 0.3) is 0 Å². The highest BCUT2D eigenvalue weighted by molar-refractivity contribution is 6.74. The summed E-state index contributed by atoms with van der Waals surface area (Å²) < 4.78 is 17.5. The molecule has 0 aromatic heterocycles. The van der Waals surface area contributed by atoms with Crippen LogP contribution in [0.5, 0.6) is 0 Å². The summed E-state index contributed by atoms with van der Waals surface area (Å²) in [6.07, 6.45) is 5.55. The third-order valence-corrected chi connectivity index (χ3v) is 12.0. The molecule has 1 fully saturated rings. The molecule has 0 heterocycles. The molecular formula is C24H42O5Si. The standard InChI is InChI=1S/C24H42O5Si/c1-10-28-23(26)21-18(15(2)3)12-11-16-13-17(22(25)27-7)14-19(20(16)21)29-30(8,9)24(4,5)6/h11-12,15-21H,10,13-14H2,1-9H3/t16?,17-,18+,19-,20?,21-/m0/s1. The first-order chi connectivity index (χ1) is 13.8. The summed E-state index contributed by atoms with van der Waals surface area (Å²) >= 11 is 0. The average molecular weight is 439 g/mol. The van der Waals surface area contributed by atoms with Gasteiger partial charge in [-0.3, -0.25) is 9.59 Å². The number of hydrogen-bond donors (Lipinski definition) is 0. The minimum absolute atomic E-state index is 0.0245. The van der Waals surface area contributed by atoms with Crippen LogP contribution in [0, 0.1) is 35.5 Å². The van der Waals surface area contributed by atoms with Crippen molar-refractivity contribution in [2.24, 2.45) is 35.5 Å². The summed E-state index contributed by atoms with van der Waals surface area (Å²) in [6.45, 7) is 17.7. The van der Waals surface area contributed by atoms with E-state index in [0.29, 0.717) is 25.4 Å². The lowest BCUT2D eigenvalue weighted by Crippen LogP contribution is -2.54. The molecule has 0 aromatic rings. The minimum atomic E-state index is -2.10. The lowest BCUT2D eigenvalue weighted by atomic mass is 9.59. The molecule has 2 aliphatic carbocycles. The summed E-state index contributed by atoms with van der Waals surface area (Å²) in [7, 11) is -0.654. The Balaban J connectivity index is 2.49. The van der Waals surface area contributed by atoms with Crippen molar-refractivity contribution in [3.05, 3.63) is 12.2 Å². The van der Waals surface area contributed by atoms with Gasteiger partial charge >= 0.3 is 11.9 Å². The lowest BCUT2D eigenvalue weighted by Gasteiger charge is -2.51. The average Bonchev–Trinajstić information content (AvgIpc) is 2.65. The molecule has 1 saturated carbocycles. The van der Waals surface area contributed by atoms with Gasteiger partial charge in [0, 0.05) is 5.92 Å². The van der Waals surface area contributed by atoms with Crippen LogP contribution >= 0.6 is 0 Å². The van der Waals surface area contributed by atoms with E-state index in [1.807, 2.05) is 6.92 Å². The first-order valence-electron chi connectivity index (χ1n) is 11.4. The normalized spacial score (nSPS) is 31.9. The highest BCUT2D eigenvalue weighted by Gasteiger charge is 2.53. The predicted octanol–water partition coefficient (Wildman–Crippen LogP) is 5.21. The van der Waals surface area contributed by atoms with Crippen LogP contribution < -0.4 is 0 Å². The van der Waals surface area contributed by atoms with Crippen LogP contribution in [0.15, 0.2) is 12.2 Å². The van der Waals surface area contributed by atoms with E-state index in [0.717, 1.165) is 0 Å². The van der Waals surface area contributed by atoms with Crippen LogP contribution in [0.2, 0.25) is 18.1 Å². The quantitative estimate of drug-likeness (QED) is 0.323. The van der Waals surface area contributed by atoms with Crippen LogP contribution in [-0.4, -0.2) is 40.1 Å². The third-order valence-electron chi connectivity index (χ3n) is 7.52. The van der Waals surface area contributed by atoms with E-state index in [-0.39, 0.29) is 52.7 Å². The van der Waals surface area contributed by atoms with Crippen molar-refractivity contribution in [3.8, 4) is 0 Å². The highest BCUT2D eigenvalue weighted by Crippen LogP contribution is 2.50. The van der Waals surface area contributed by atoms with E-state index in [1.165, 1.54) is 7.11 Å². The number of rotatable bonds is 6. The molecule has 6 atom stereocenters. The summed E-state index contributed by atoms with van der Waals surface area (Å²) in [6, 6.07) is 0. The maximum Gasteiger partial charge on any atom is 0.309 e. The second-order valence-electron chi connectivity index (χ2n) is 10.8. The zero-order valence-corrected chi connectivity index (χ0v) is 21.4. The van der Waals surface area contributed by atoms with Crippen molar-refractivity contribution in [2.45, 2.75) is 78.6 Å². The molecule has 0 amide bonds. The van der Waals surface area contributed by atoms with E-state index in [1.54, 1.807) is 0 Å². The number of methoxy groups -OCH3 is 1. The second kappa shape index (κ2) is 9.56. The molecule has 2 rings (SSSR count). The summed E-state index contributed by atoms with van der Waals surface area (Å²) in [5.41, 5.74) is 0. The van der Waals surface area contributed by atoms with Crippen molar-refractivity contribution < 1.29 is 23.5 Å². The first kappa shape index (κ1) is 25.1. The lowest BCUT2D eigenvalue weighted by molar-refractivity contribution is -0.160. The van der Waals surface area contributed by atoms with Crippen molar-refractivity contribution in [1.29, 1.82) is 0 Å². The molecule has 0 saturated heterocycles. The fraction of sp³-hybridized carbons (Fsp3) is 0.833. The minimum Gasteiger partial charge on any atom is -0.469 e. The Morgan fingerprint density at radius 3 is 2.23 bits per heavy atom. The molecule has 6 heteroatoms. The van der Waals surface area contributed by atoms with Gasteiger partial charge in [-0.15, -0.1) is 0 Å². The number of carbonyl (C=O) groups excluding carboxylic acids is 2. The van der Waals surface area contributed by atoms with Crippen LogP contribution in [0.1, 0.15) is 54.4 Å². The van der Waals surface area contributed by atoms with E-state index < -0.39 is 8.32 Å². The summed E-state index contributed by atoms with van der Waals surface area (Å²) in [5.74, 6) is -0.171. The van der Waals surface area contributed by atoms with E-state index >= 15 is 0 Å². The Morgan fingerprint density at radius 1 is 1.10 bits per heavy atom. The topological polar surface area (TPSA) is 61.8 Å². The van der Waals surface area contributed by atoms with Gasteiger partial charge in [0.25, 0.3) is 0 Å². The first-order valence-corrected chi connectivity index (χ1v) is 14.4. The Hall–Kier alpha value is -1.14. The molecular weight excluding hydrogens is 396 g/mol. The zero-order chi connectivity index (χ0) is 22.9. The third kappa shape index (κ3) is 5.18. The van der Waals surface area contributed by atoms with Crippen molar-refractivity contribution >= 4 is 20.3 Å². The number of fused-ring (bicyclic) bond motifs is 1. The SMILES string of the molecule is CCOC(=O)[C@@H]1C2C(C=C[C@@H]1C(C)C)C[C@H](C(=O)OC)C[C@@H]2O[Si](C)(C)C(C)(C)C. The van der Waals surface area contributed by atoms with Crippen LogP contribution in [0.4, 0.5) is 0 Å². The van der Waals surface area contributed by atoms with Gasteiger partial charge in [-0.05, 0) is 55.7 Å². The second-order valence-corrected chi connectivity index (χ2v) is 15.6. The molecule has 0 radical (unpaired) electrons. The maximum atomic E-state index is 13.2. The Morgan fingerprint density at radius 2 is 1.73 bits per heavy atom. The monoisotopic (exact) mass is 438 g/mol. The maximum absolute atomic E-state index is 13.2. The fourth-order valence-corrected chi connectivity index (χ4v) is 6.24. The molecule has 0 N–H and O–H groups in total.